The summed E-state index contributed by atoms with van der Waals surface area (Å²) in [6.45, 7) is 3.77. The number of benzene rings is 1. The number of hydrogen-bond acceptors (Lipinski definition) is 4. The first kappa shape index (κ1) is 14.7. The Morgan fingerprint density at radius 2 is 2.09 bits per heavy atom. The second-order valence-corrected chi connectivity index (χ2v) is 5.97. The van der Waals surface area contributed by atoms with Crippen molar-refractivity contribution in [3.8, 4) is 11.3 Å². The standard InChI is InChI=1S/C16H18F2N4O/c17-11-2-1-3-12(18)15(11)16-10(6-20-21-16)9-22-4-5-23-14-8-19-7-13(14)22/h1-3,6,13-14,19H,4-5,7-9H2,(H,20,21)/t13-,14+/m1/s1. The molecule has 0 aliphatic carbocycles. The predicted octanol–water partition coefficient (Wildman–Crippen LogP) is 1.53. The van der Waals surface area contributed by atoms with Gasteiger partial charge in [-0.3, -0.25) is 10.00 Å². The van der Waals surface area contributed by atoms with Crippen LogP contribution in [-0.4, -0.2) is 53.5 Å². The molecule has 7 heteroatoms. The summed E-state index contributed by atoms with van der Waals surface area (Å²) in [5, 5.41) is 10.1. The molecule has 2 saturated heterocycles. The summed E-state index contributed by atoms with van der Waals surface area (Å²) in [6, 6.07) is 4.17. The van der Waals surface area contributed by atoms with Gasteiger partial charge in [0.05, 0.1) is 30.2 Å². The molecule has 2 atom stereocenters. The van der Waals surface area contributed by atoms with Crippen molar-refractivity contribution in [1.82, 2.24) is 20.4 Å². The van der Waals surface area contributed by atoms with E-state index in [9.17, 15) is 8.78 Å². The van der Waals surface area contributed by atoms with Gasteiger partial charge in [-0.15, -0.1) is 0 Å². The molecule has 1 aromatic heterocycles. The lowest BCUT2D eigenvalue weighted by Gasteiger charge is -2.36. The lowest BCUT2D eigenvalue weighted by atomic mass is 10.0. The molecule has 0 bridgehead atoms. The van der Waals surface area contributed by atoms with Crippen molar-refractivity contribution in [3.05, 3.63) is 41.6 Å². The molecule has 0 unspecified atom stereocenters. The molecule has 2 aromatic rings. The molecule has 23 heavy (non-hydrogen) atoms. The molecule has 0 saturated carbocycles. The van der Waals surface area contributed by atoms with Gasteiger partial charge in [0.1, 0.15) is 11.6 Å². The van der Waals surface area contributed by atoms with Gasteiger partial charge in [0.25, 0.3) is 0 Å². The maximum absolute atomic E-state index is 14.1. The average molecular weight is 320 g/mol. The fourth-order valence-electron chi connectivity index (χ4n) is 3.46. The van der Waals surface area contributed by atoms with Gasteiger partial charge in [-0.1, -0.05) is 6.07 Å². The van der Waals surface area contributed by atoms with Crippen molar-refractivity contribution in [1.29, 1.82) is 0 Å². The second kappa shape index (κ2) is 5.99. The Bertz CT molecular complexity index is 685. The first-order valence-electron chi connectivity index (χ1n) is 7.77. The summed E-state index contributed by atoms with van der Waals surface area (Å²) in [7, 11) is 0. The van der Waals surface area contributed by atoms with Crippen LogP contribution in [0.25, 0.3) is 11.3 Å². The van der Waals surface area contributed by atoms with E-state index in [1.54, 1.807) is 6.20 Å². The number of nitrogens with one attached hydrogen (secondary N) is 2. The topological polar surface area (TPSA) is 53.2 Å². The smallest absolute Gasteiger partial charge is 0.135 e. The van der Waals surface area contributed by atoms with Crippen LogP contribution in [0.3, 0.4) is 0 Å². The molecule has 4 rings (SSSR count). The van der Waals surface area contributed by atoms with Gasteiger partial charge < -0.3 is 10.1 Å². The van der Waals surface area contributed by atoms with Crippen molar-refractivity contribution in [3.63, 3.8) is 0 Å². The van der Waals surface area contributed by atoms with Gasteiger partial charge in [-0.25, -0.2) is 8.78 Å². The van der Waals surface area contributed by atoms with Crippen molar-refractivity contribution >= 4 is 0 Å². The molecular formula is C16H18F2N4O. The highest BCUT2D eigenvalue weighted by molar-refractivity contribution is 5.64. The van der Waals surface area contributed by atoms with Gasteiger partial charge in [0.2, 0.25) is 0 Å². The minimum atomic E-state index is -0.585. The van der Waals surface area contributed by atoms with E-state index >= 15 is 0 Å². The third kappa shape index (κ3) is 2.65. The van der Waals surface area contributed by atoms with Gasteiger partial charge in [0, 0.05) is 37.8 Å². The van der Waals surface area contributed by atoms with Crippen LogP contribution in [0.5, 0.6) is 0 Å². The molecule has 5 nitrogen and oxygen atoms in total. The van der Waals surface area contributed by atoms with E-state index in [1.165, 1.54) is 18.2 Å². The molecule has 2 fully saturated rings. The van der Waals surface area contributed by atoms with E-state index in [1.807, 2.05) is 0 Å². The summed E-state index contributed by atoms with van der Waals surface area (Å²) in [5.41, 5.74) is 1.16. The van der Waals surface area contributed by atoms with Gasteiger partial charge in [-0.2, -0.15) is 5.10 Å². The maximum Gasteiger partial charge on any atom is 0.135 e. The molecule has 3 heterocycles. The Labute approximate surface area is 132 Å². The number of H-pyrrole nitrogens is 1. The number of hydrogen-bond donors (Lipinski definition) is 2. The third-order valence-electron chi connectivity index (χ3n) is 4.61. The normalized spacial score (nSPS) is 24.8. The van der Waals surface area contributed by atoms with Crippen LogP contribution in [0, 0.1) is 11.6 Å². The molecule has 2 N–H and O–H groups in total. The predicted molar refractivity (Wildman–Crippen MR) is 80.7 cm³/mol. The van der Waals surface area contributed by atoms with Crippen LogP contribution in [0.15, 0.2) is 24.4 Å². The molecule has 2 aliphatic heterocycles. The molecule has 1 aromatic carbocycles. The van der Waals surface area contributed by atoms with Gasteiger partial charge in [-0.05, 0) is 12.1 Å². The van der Waals surface area contributed by atoms with E-state index in [0.717, 1.165) is 25.2 Å². The van der Waals surface area contributed by atoms with E-state index in [2.05, 4.69) is 20.4 Å². The van der Waals surface area contributed by atoms with Crippen LogP contribution in [0.2, 0.25) is 0 Å². The third-order valence-corrected chi connectivity index (χ3v) is 4.61. The number of aromatic amines is 1. The first-order chi connectivity index (χ1) is 11.2. The number of rotatable bonds is 3. The number of morpholine rings is 1. The van der Waals surface area contributed by atoms with Crippen molar-refractivity contribution < 1.29 is 13.5 Å². The lowest BCUT2D eigenvalue weighted by molar-refractivity contribution is -0.0499. The highest BCUT2D eigenvalue weighted by Crippen LogP contribution is 2.29. The van der Waals surface area contributed by atoms with Gasteiger partial charge >= 0.3 is 0 Å². The van der Waals surface area contributed by atoms with Gasteiger partial charge in [0.15, 0.2) is 0 Å². The summed E-state index contributed by atoms with van der Waals surface area (Å²) < 4.78 is 33.9. The van der Waals surface area contributed by atoms with E-state index in [-0.39, 0.29) is 17.7 Å². The number of fused-ring (bicyclic) bond motifs is 1. The first-order valence-corrected chi connectivity index (χ1v) is 7.77. The number of ether oxygens (including phenoxy) is 1. The fraction of sp³-hybridized carbons (Fsp3) is 0.438. The highest BCUT2D eigenvalue weighted by atomic mass is 19.1. The zero-order valence-corrected chi connectivity index (χ0v) is 12.6. The van der Waals surface area contributed by atoms with Crippen LogP contribution < -0.4 is 5.32 Å². The maximum atomic E-state index is 14.1. The molecule has 0 radical (unpaired) electrons. The second-order valence-electron chi connectivity index (χ2n) is 5.97. The molecule has 0 spiro atoms. The SMILES string of the molecule is Fc1cccc(F)c1-c1[nH]ncc1CN1CCO[C@H]2CNC[C@H]21. The largest absolute Gasteiger partial charge is 0.374 e. The van der Waals surface area contributed by atoms with E-state index < -0.39 is 11.6 Å². The van der Waals surface area contributed by atoms with Crippen LogP contribution >= 0.6 is 0 Å². The average Bonchev–Trinajstić information content (AvgIpc) is 3.17. The number of aromatic nitrogens is 2. The molecular weight excluding hydrogens is 302 g/mol. The minimum absolute atomic E-state index is 0.0469. The van der Waals surface area contributed by atoms with Crippen molar-refractivity contribution in [2.45, 2.75) is 18.7 Å². The summed E-state index contributed by atoms with van der Waals surface area (Å²) in [6.07, 6.45) is 1.83. The summed E-state index contributed by atoms with van der Waals surface area (Å²) >= 11 is 0. The summed E-state index contributed by atoms with van der Waals surface area (Å²) in [4.78, 5) is 2.29. The molecule has 0 amide bonds. The van der Waals surface area contributed by atoms with E-state index in [0.29, 0.717) is 18.8 Å². The number of halogens is 2. The van der Waals surface area contributed by atoms with Crippen LogP contribution in [-0.2, 0) is 11.3 Å². The van der Waals surface area contributed by atoms with Crippen molar-refractivity contribution in [2.24, 2.45) is 0 Å². The monoisotopic (exact) mass is 320 g/mol. The Morgan fingerprint density at radius 3 is 2.91 bits per heavy atom. The molecule has 122 valence electrons. The highest BCUT2D eigenvalue weighted by Gasteiger charge is 2.36. The zero-order valence-electron chi connectivity index (χ0n) is 12.6. The zero-order chi connectivity index (χ0) is 15.8. The Balaban J connectivity index is 1.63. The number of nitrogens with zero attached hydrogens (tertiary/aromatic N) is 2. The molecule has 2 aliphatic rings. The Hall–Kier alpha value is -1.83. The van der Waals surface area contributed by atoms with Crippen LogP contribution in [0.1, 0.15) is 5.56 Å². The van der Waals surface area contributed by atoms with Crippen molar-refractivity contribution in [2.75, 3.05) is 26.2 Å². The quantitative estimate of drug-likeness (QED) is 0.900. The lowest BCUT2D eigenvalue weighted by Crippen LogP contribution is -2.50. The minimum Gasteiger partial charge on any atom is -0.374 e. The van der Waals surface area contributed by atoms with Crippen LogP contribution in [0.4, 0.5) is 8.78 Å². The Kier molecular flexibility index (Phi) is 3.84. The van der Waals surface area contributed by atoms with E-state index in [4.69, 9.17) is 4.74 Å². The summed E-state index contributed by atoms with van der Waals surface area (Å²) in [5.74, 6) is -1.17. The Morgan fingerprint density at radius 1 is 1.26 bits per heavy atom. The fourth-order valence-corrected chi connectivity index (χ4v) is 3.46.